The Morgan fingerprint density at radius 1 is 1.11 bits per heavy atom. The highest BCUT2D eigenvalue weighted by Crippen LogP contribution is 2.26. The quantitative estimate of drug-likeness (QED) is 0.712. The minimum absolute atomic E-state index is 0.602. The zero-order valence-electron chi connectivity index (χ0n) is 10.9. The van der Waals surface area contributed by atoms with E-state index in [0.717, 1.165) is 22.4 Å². The normalized spacial score (nSPS) is 10.6. The van der Waals surface area contributed by atoms with Crippen LogP contribution in [0.4, 0.5) is 0 Å². The summed E-state index contributed by atoms with van der Waals surface area (Å²) in [6.07, 6.45) is 0. The monoisotopic (exact) mass is 247 g/mol. The zero-order chi connectivity index (χ0) is 13.4. The highest BCUT2D eigenvalue weighted by atomic mass is 14.9. The molecule has 0 atom stereocenters. The van der Waals surface area contributed by atoms with Crippen molar-refractivity contribution in [2.24, 2.45) is 0 Å². The number of aromatic nitrogens is 2. The van der Waals surface area contributed by atoms with Crippen LogP contribution in [0.25, 0.3) is 22.4 Å². The van der Waals surface area contributed by atoms with Gasteiger partial charge in [0.25, 0.3) is 0 Å². The van der Waals surface area contributed by atoms with Gasteiger partial charge in [-0.3, -0.25) is 0 Å². The maximum absolute atomic E-state index is 9.11. The summed E-state index contributed by atoms with van der Waals surface area (Å²) in [5, 5.41) is 9.11. The Morgan fingerprint density at radius 3 is 2.68 bits per heavy atom. The van der Waals surface area contributed by atoms with Gasteiger partial charge in [0.05, 0.1) is 11.1 Å². The van der Waals surface area contributed by atoms with Gasteiger partial charge >= 0.3 is 0 Å². The Kier molecular flexibility index (Phi) is 2.57. The van der Waals surface area contributed by atoms with Crippen molar-refractivity contribution in [1.82, 2.24) is 9.97 Å². The van der Waals surface area contributed by atoms with Crippen molar-refractivity contribution in [3.8, 4) is 17.5 Å². The van der Waals surface area contributed by atoms with Gasteiger partial charge < -0.3 is 4.98 Å². The molecule has 3 aromatic rings. The molecule has 0 saturated carbocycles. The van der Waals surface area contributed by atoms with Crippen LogP contribution in [0.1, 0.15) is 16.7 Å². The summed E-state index contributed by atoms with van der Waals surface area (Å²) >= 11 is 0. The number of hydrogen-bond donors (Lipinski definition) is 1. The standard InChI is InChI=1S/C16H13N3/c1-10-5-3-7-13(11(10)2)16-18-14-8-4-6-12(9-17)15(14)19-16/h3-8H,1-2H3,(H,18,19). The molecule has 1 N–H and O–H groups in total. The lowest BCUT2D eigenvalue weighted by molar-refractivity contribution is 1.27. The van der Waals surface area contributed by atoms with Gasteiger partial charge in [0, 0.05) is 5.56 Å². The number of imidazole rings is 1. The number of para-hydroxylation sites is 1. The van der Waals surface area contributed by atoms with Gasteiger partial charge in [0.15, 0.2) is 0 Å². The summed E-state index contributed by atoms with van der Waals surface area (Å²) in [6.45, 7) is 4.17. The number of nitrogens with zero attached hydrogens (tertiary/aromatic N) is 2. The molecule has 0 fully saturated rings. The van der Waals surface area contributed by atoms with Gasteiger partial charge in [-0.25, -0.2) is 4.98 Å². The number of fused-ring (bicyclic) bond motifs is 1. The van der Waals surface area contributed by atoms with Crippen LogP contribution in [0.5, 0.6) is 0 Å². The molecule has 1 heterocycles. The lowest BCUT2D eigenvalue weighted by Crippen LogP contribution is -1.88. The van der Waals surface area contributed by atoms with E-state index in [4.69, 9.17) is 5.26 Å². The minimum atomic E-state index is 0.602. The largest absolute Gasteiger partial charge is 0.338 e. The van der Waals surface area contributed by atoms with Crippen LogP contribution in [-0.4, -0.2) is 9.97 Å². The predicted molar refractivity (Wildman–Crippen MR) is 75.7 cm³/mol. The van der Waals surface area contributed by atoms with E-state index >= 15 is 0 Å². The second-order valence-electron chi connectivity index (χ2n) is 4.65. The minimum Gasteiger partial charge on any atom is -0.338 e. The smallest absolute Gasteiger partial charge is 0.138 e. The van der Waals surface area contributed by atoms with Crippen molar-refractivity contribution >= 4 is 11.0 Å². The molecule has 0 bridgehead atoms. The maximum atomic E-state index is 9.11. The van der Waals surface area contributed by atoms with E-state index in [9.17, 15) is 0 Å². The van der Waals surface area contributed by atoms with Crippen molar-refractivity contribution in [2.45, 2.75) is 13.8 Å². The number of aromatic amines is 1. The average molecular weight is 247 g/mol. The van der Waals surface area contributed by atoms with E-state index in [1.54, 1.807) is 6.07 Å². The van der Waals surface area contributed by atoms with Crippen molar-refractivity contribution in [3.05, 3.63) is 53.1 Å². The second kappa shape index (κ2) is 4.25. The predicted octanol–water partition coefficient (Wildman–Crippen LogP) is 3.72. The van der Waals surface area contributed by atoms with Crippen LogP contribution in [0.15, 0.2) is 36.4 Å². The maximum Gasteiger partial charge on any atom is 0.138 e. The van der Waals surface area contributed by atoms with E-state index in [2.05, 4.69) is 36.0 Å². The first-order valence-electron chi connectivity index (χ1n) is 6.16. The van der Waals surface area contributed by atoms with Crippen LogP contribution >= 0.6 is 0 Å². The van der Waals surface area contributed by atoms with Gasteiger partial charge in [-0.2, -0.15) is 5.26 Å². The molecule has 3 rings (SSSR count). The fraction of sp³-hybridized carbons (Fsp3) is 0.125. The van der Waals surface area contributed by atoms with E-state index in [0.29, 0.717) is 5.56 Å². The summed E-state index contributed by atoms with van der Waals surface area (Å²) in [7, 11) is 0. The van der Waals surface area contributed by atoms with Gasteiger partial charge in [0.2, 0.25) is 0 Å². The molecule has 0 radical (unpaired) electrons. The SMILES string of the molecule is Cc1cccc(-c2nc3c(C#N)cccc3[nH]2)c1C. The molecule has 3 nitrogen and oxygen atoms in total. The molecular formula is C16H13N3. The molecule has 3 heteroatoms. The Morgan fingerprint density at radius 2 is 1.89 bits per heavy atom. The number of aryl methyl sites for hydroxylation is 1. The van der Waals surface area contributed by atoms with Crippen LogP contribution in [-0.2, 0) is 0 Å². The van der Waals surface area contributed by atoms with Crippen LogP contribution in [0.2, 0.25) is 0 Å². The van der Waals surface area contributed by atoms with Gasteiger partial charge in [-0.1, -0.05) is 24.3 Å². The van der Waals surface area contributed by atoms with Crippen molar-refractivity contribution in [1.29, 1.82) is 5.26 Å². The lowest BCUT2D eigenvalue weighted by Gasteiger charge is -2.05. The number of hydrogen-bond acceptors (Lipinski definition) is 2. The van der Waals surface area contributed by atoms with Crippen LogP contribution in [0.3, 0.4) is 0 Å². The molecule has 2 aromatic carbocycles. The molecule has 92 valence electrons. The third-order valence-electron chi connectivity index (χ3n) is 3.49. The second-order valence-corrected chi connectivity index (χ2v) is 4.65. The summed E-state index contributed by atoms with van der Waals surface area (Å²) in [5.41, 5.74) is 5.76. The first-order valence-corrected chi connectivity index (χ1v) is 6.16. The first-order chi connectivity index (χ1) is 9.20. The molecule has 19 heavy (non-hydrogen) atoms. The topological polar surface area (TPSA) is 52.5 Å². The van der Waals surface area contributed by atoms with E-state index in [-0.39, 0.29) is 0 Å². The van der Waals surface area contributed by atoms with Crippen molar-refractivity contribution in [3.63, 3.8) is 0 Å². The number of benzene rings is 2. The molecule has 0 unspecified atom stereocenters. The Balaban J connectivity index is 2.27. The molecule has 0 aliphatic rings. The fourth-order valence-corrected chi connectivity index (χ4v) is 2.26. The van der Waals surface area contributed by atoms with Gasteiger partial charge in [-0.05, 0) is 37.1 Å². The Bertz CT molecular complexity index is 806. The summed E-state index contributed by atoms with van der Waals surface area (Å²) in [4.78, 5) is 7.87. The third kappa shape index (κ3) is 1.78. The summed E-state index contributed by atoms with van der Waals surface area (Å²) < 4.78 is 0. The van der Waals surface area contributed by atoms with Crippen LogP contribution in [0, 0.1) is 25.2 Å². The summed E-state index contributed by atoms with van der Waals surface area (Å²) in [6, 6.07) is 13.9. The van der Waals surface area contributed by atoms with E-state index in [1.807, 2.05) is 24.3 Å². The van der Waals surface area contributed by atoms with E-state index in [1.165, 1.54) is 11.1 Å². The van der Waals surface area contributed by atoms with Crippen molar-refractivity contribution < 1.29 is 0 Å². The highest BCUT2D eigenvalue weighted by molar-refractivity contribution is 5.84. The van der Waals surface area contributed by atoms with Crippen LogP contribution < -0.4 is 0 Å². The molecule has 0 amide bonds. The fourth-order valence-electron chi connectivity index (χ4n) is 2.26. The van der Waals surface area contributed by atoms with Gasteiger partial charge in [-0.15, -0.1) is 0 Å². The number of nitrogens with one attached hydrogen (secondary N) is 1. The number of H-pyrrole nitrogens is 1. The Labute approximate surface area is 111 Å². The van der Waals surface area contributed by atoms with Crippen molar-refractivity contribution in [2.75, 3.05) is 0 Å². The van der Waals surface area contributed by atoms with E-state index < -0.39 is 0 Å². The van der Waals surface area contributed by atoms with Gasteiger partial charge in [0.1, 0.15) is 17.4 Å². The number of rotatable bonds is 1. The molecule has 0 saturated heterocycles. The number of nitriles is 1. The molecular weight excluding hydrogens is 234 g/mol. The lowest BCUT2D eigenvalue weighted by atomic mass is 10.0. The molecule has 0 aliphatic heterocycles. The highest BCUT2D eigenvalue weighted by Gasteiger charge is 2.10. The third-order valence-corrected chi connectivity index (χ3v) is 3.49. The molecule has 1 aromatic heterocycles. The summed E-state index contributed by atoms with van der Waals surface area (Å²) in [5.74, 6) is 0.818. The first kappa shape index (κ1) is 11.5. The molecule has 0 aliphatic carbocycles. The Hall–Kier alpha value is -2.60. The average Bonchev–Trinajstić information content (AvgIpc) is 2.85. The zero-order valence-corrected chi connectivity index (χ0v) is 10.9. The molecule has 0 spiro atoms.